The second-order valence-corrected chi connectivity index (χ2v) is 2.19. The molecule has 0 aromatic carbocycles. The molecule has 0 atom stereocenters. The fourth-order valence-electron chi connectivity index (χ4n) is 0.743. The zero-order valence-electron chi connectivity index (χ0n) is 6.61. The first kappa shape index (κ1) is 8.76. The van der Waals surface area contributed by atoms with Crippen LogP contribution in [0.25, 0.3) is 0 Å². The molecule has 13 heavy (non-hydrogen) atoms. The summed E-state index contributed by atoms with van der Waals surface area (Å²) in [7, 11) is 0. The molecule has 0 bridgehead atoms. The van der Waals surface area contributed by atoms with Gasteiger partial charge in [-0.05, 0) is 12.0 Å². The van der Waals surface area contributed by atoms with Crippen LogP contribution >= 0.6 is 0 Å². The number of hydrogen-bond donors (Lipinski definition) is 1. The predicted molar refractivity (Wildman–Crippen MR) is 45.2 cm³/mol. The number of hydrogen-bond acceptors (Lipinski definition) is 3. The number of rotatable bonds is 1. The Morgan fingerprint density at radius 1 is 1.54 bits per heavy atom. The van der Waals surface area contributed by atoms with Crippen molar-refractivity contribution in [3.05, 3.63) is 29.6 Å². The molecule has 0 saturated heterocycles. The summed E-state index contributed by atoms with van der Waals surface area (Å²) in [5.41, 5.74) is 5.80. The number of nitriles is 1. The zero-order valence-corrected chi connectivity index (χ0v) is 6.61. The molecule has 1 heterocycles. The quantitative estimate of drug-likeness (QED) is 0.606. The zero-order chi connectivity index (χ0) is 9.68. The molecule has 4 heteroatoms. The molecule has 62 valence electrons. The van der Waals surface area contributed by atoms with Gasteiger partial charge in [0, 0.05) is 23.9 Å². The van der Waals surface area contributed by atoms with Gasteiger partial charge in [-0.15, -0.1) is 0 Å². The fourth-order valence-corrected chi connectivity index (χ4v) is 0.743. The number of primary amides is 1. The van der Waals surface area contributed by atoms with Crippen LogP contribution < -0.4 is 5.73 Å². The smallest absolute Gasteiger partial charge is 0.250 e. The molecule has 2 N–H and O–H groups in total. The fraction of sp³-hybridized carbons (Fsp3) is 0. The lowest BCUT2D eigenvalue weighted by Gasteiger charge is -1.93. The SMILES string of the molecule is N#CC#Cc1cncc(C(N)=O)c1. The van der Waals surface area contributed by atoms with Crippen LogP contribution in [0.2, 0.25) is 0 Å². The highest BCUT2D eigenvalue weighted by molar-refractivity contribution is 5.92. The Kier molecular flexibility index (Phi) is 2.62. The molecular weight excluding hydrogens is 166 g/mol. The van der Waals surface area contributed by atoms with Crippen molar-refractivity contribution in [3.63, 3.8) is 0 Å². The summed E-state index contributed by atoms with van der Waals surface area (Å²) < 4.78 is 0. The van der Waals surface area contributed by atoms with Gasteiger partial charge in [0.05, 0.1) is 5.56 Å². The van der Waals surface area contributed by atoms with Crippen LogP contribution in [0.15, 0.2) is 18.5 Å². The standard InChI is InChI=1S/C9H5N3O/c10-3-1-2-7-4-8(9(11)13)6-12-5-7/h4-6H,(H2,11,13). The molecule has 1 rings (SSSR count). The van der Waals surface area contributed by atoms with E-state index in [1.165, 1.54) is 18.5 Å². The van der Waals surface area contributed by atoms with Gasteiger partial charge in [0.2, 0.25) is 5.91 Å². The van der Waals surface area contributed by atoms with Gasteiger partial charge < -0.3 is 5.73 Å². The normalized spacial score (nSPS) is 7.92. The van der Waals surface area contributed by atoms with Crippen molar-refractivity contribution in [1.29, 1.82) is 5.26 Å². The number of nitrogens with two attached hydrogens (primary N) is 1. The molecular formula is C9H5N3O. The largest absolute Gasteiger partial charge is 0.366 e. The van der Waals surface area contributed by atoms with Crippen molar-refractivity contribution < 1.29 is 4.79 Å². The van der Waals surface area contributed by atoms with Gasteiger partial charge in [-0.2, -0.15) is 5.26 Å². The van der Waals surface area contributed by atoms with Crippen molar-refractivity contribution in [2.45, 2.75) is 0 Å². The Morgan fingerprint density at radius 2 is 2.31 bits per heavy atom. The maximum Gasteiger partial charge on any atom is 0.250 e. The first-order valence-electron chi connectivity index (χ1n) is 3.39. The van der Waals surface area contributed by atoms with Crippen molar-refractivity contribution in [2.24, 2.45) is 5.73 Å². The molecule has 1 aromatic heterocycles. The third-order valence-electron chi connectivity index (χ3n) is 1.29. The lowest BCUT2D eigenvalue weighted by atomic mass is 10.2. The molecule has 0 spiro atoms. The van der Waals surface area contributed by atoms with E-state index in [2.05, 4.69) is 16.8 Å². The third kappa shape index (κ3) is 2.32. The molecule has 0 fully saturated rings. The monoisotopic (exact) mass is 171 g/mol. The number of carbonyl (C=O) groups is 1. The van der Waals surface area contributed by atoms with E-state index < -0.39 is 5.91 Å². The predicted octanol–water partition coefficient (Wildman–Crippen LogP) is 0.0556. The Hall–Kier alpha value is -2.33. The van der Waals surface area contributed by atoms with Crippen LogP contribution in [0.1, 0.15) is 15.9 Å². The van der Waals surface area contributed by atoms with E-state index in [4.69, 9.17) is 11.0 Å². The average molecular weight is 171 g/mol. The van der Waals surface area contributed by atoms with Gasteiger partial charge in [0.25, 0.3) is 0 Å². The summed E-state index contributed by atoms with van der Waals surface area (Å²) in [5, 5.41) is 8.17. The Morgan fingerprint density at radius 3 is 2.92 bits per heavy atom. The first-order chi connectivity index (χ1) is 6.24. The molecule has 0 aliphatic heterocycles. The van der Waals surface area contributed by atoms with E-state index in [0.717, 1.165) is 0 Å². The van der Waals surface area contributed by atoms with E-state index in [-0.39, 0.29) is 5.56 Å². The Labute approximate surface area is 75.0 Å². The second kappa shape index (κ2) is 3.89. The summed E-state index contributed by atoms with van der Waals surface area (Å²) >= 11 is 0. The molecule has 1 aromatic rings. The van der Waals surface area contributed by atoms with E-state index >= 15 is 0 Å². The minimum atomic E-state index is -0.562. The first-order valence-corrected chi connectivity index (χ1v) is 3.39. The number of pyridine rings is 1. The second-order valence-electron chi connectivity index (χ2n) is 2.19. The Balaban J connectivity index is 3.07. The number of nitrogens with zero attached hydrogens (tertiary/aromatic N) is 2. The highest BCUT2D eigenvalue weighted by atomic mass is 16.1. The highest BCUT2D eigenvalue weighted by Gasteiger charge is 1.99. The van der Waals surface area contributed by atoms with Gasteiger partial charge >= 0.3 is 0 Å². The van der Waals surface area contributed by atoms with Crippen molar-refractivity contribution in [1.82, 2.24) is 4.98 Å². The summed E-state index contributed by atoms with van der Waals surface area (Å²) in [5.74, 6) is 4.14. The lowest BCUT2D eigenvalue weighted by Crippen LogP contribution is -2.11. The van der Waals surface area contributed by atoms with E-state index in [9.17, 15) is 4.79 Å². The molecule has 0 aliphatic carbocycles. The molecule has 1 amide bonds. The summed E-state index contributed by atoms with van der Waals surface area (Å²) in [6.45, 7) is 0. The van der Waals surface area contributed by atoms with Gasteiger partial charge in [-0.1, -0.05) is 0 Å². The van der Waals surface area contributed by atoms with Gasteiger partial charge in [-0.25, -0.2) is 0 Å². The molecule has 4 nitrogen and oxygen atoms in total. The molecule has 0 radical (unpaired) electrons. The van der Waals surface area contributed by atoms with Crippen molar-refractivity contribution in [3.8, 4) is 17.9 Å². The van der Waals surface area contributed by atoms with Crippen LogP contribution in [0.4, 0.5) is 0 Å². The number of aromatic nitrogens is 1. The van der Waals surface area contributed by atoms with Crippen LogP contribution in [-0.2, 0) is 0 Å². The topological polar surface area (TPSA) is 79.8 Å². The minimum Gasteiger partial charge on any atom is -0.366 e. The maximum atomic E-state index is 10.7. The third-order valence-corrected chi connectivity index (χ3v) is 1.29. The van der Waals surface area contributed by atoms with Gasteiger partial charge in [-0.3, -0.25) is 9.78 Å². The van der Waals surface area contributed by atoms with Crippen molar-refractivity contribution >= 4 is 5.91 Å². The number of carbonyl (C=O) groups excluding carboxylic acids is 1. The van der Waals surface area contributed by atoms with Gasteiger partial charge in [0.1, 0.15) is 0 Å². The molecule has 0 aliphatic rings. The van der Waals surface area contributed by atoms with E-state index in [1.807, 2.05) is 0 Å². The van der Waals surface area contributed by atoms with Crippen LogP contribution in [0.3, 0.4) is 0 Å². The molecule has 0 saturated carbocycles. The lowest BCUT2D eigenvalue weighted by molar-refractivity contribution is 0.1000. The minimum absolute atomic E-state index is 0.282. The van der Waals surface area contributed by atoms with Crippen LogP contribution in [0.5, 0.6) is 0 Å². The van der Waals surface area contributed by atoms with Gasteiger partial charge in [0.15, 0.2) is 6.07 Å². The number of amides is 1. The maximum absolute atomic E-state index is 10.7. The van der Waals surface area contributed by atoms with E-state index in [0.29, 0.717) is 5.56 Å². The Bertz CT molecular complexity index is 434. The summed E-state index contributed by atoms with van der Waals surface area (Å²) in [6.07, 6.45) is 2.80. The van der Waals surface area contributed by atoms with E-state index in [1.54, 1.807) is 6.07 Å². The van der Waals surface area contributed by atoms with Crippen LogP contribution in [-0.4, -0.2) is 10.9 Å². The van der Waals surface area contributed by atoms with Crippen LogP contribution in [0, 0.1) is 23.2 Å². The summed E-state index contributed by atoms with van der Waals surface area (Å²) in [6, 6.07) is 3.15. The van der Waals surface area contributed by atoms with Crippen molar-refractivity contribution in [2.75, 3.05) is 0 Å². The average Bonchev–Trinajstić information content (AvgIpc) is 2.15. The summed E-state index contributed by atoms with van der Waals surface area (Å²) in [4.78, 5) is 14.4. The molecule has 0 unspecified atom stereocenters. The highest BCUT2D eigenvalue weighted by Crippen LogP contribution is 1.99.